The van der Waals surface area contributed by atoms with Crippen LogP contribution in [-0.2, 0) is 0 Å². The summed E-state index contributed by atoms with van der Waals surface area (Å²) in [6, 6.07) is 8.67. The number of anilines is 1. The second-order valence-corrected chi connectivity index (χ2v) is 7.71. The molecule has 2 N–H and O–H groups in total. The molecule has 4 rings (SSSR count). The second-order valence-electron chi connectivity index (χ2n) is 7.71. The van der Waals surface area contributed by atoms with Crippen LogP contribution in [0.4, 0.5) is 5.69 Å². The lowest BCUT2D eigenvalue weighted by molar-refractivity contribution is 0.380. The Morgan fingerprint density at radius 3 is 2.75 bits per heavy atom. The number of rotatable bonds is 1. The molecule has 124 valence electrons. The number of hydrogen-bond donors (Lipinski definition) is 2. The van der Waals surface area contributed by atoms with E-state index >= 15 is 0 Å². The van der Waals surface area contributed by atoms with Crippen LogP contribution >= 0.6 is 0 Å². The Labute approximate surface area is 143 Å². The van der Waals surface area contributed by atoms with Crippen LogP contribution in [-0.4, -0.2) is 17.7 Å². The van der Waals surface area contributed by atoms with Crippen LogP contribution in [0.2, 0.25) is 0 Å². The number of aliphatic hydroxyl groups is 1. The van der Waals surface area contributed by atoms with Crippen molar-refractivity contribution in [3.05, 3.63) is 71.3 Å². The van der Waals surface area contributed by atoms with E-state index in [4.69, 9.17) is 0 Å². The topological polar surface area (TPSA) is 35.5 Å². The van der Waals surface area contributed by atoms with Crippen molar-refractivity contribution >= 4 is 11.3 Å². The van der Waals surface area contributed by atoms with Crippen LogP contribution in [0.1, 0.15) is 32.8 Å². The van der Waals surface area contributed by atoms with E-state index in [-0.39, 0.29) is 11.5 Å². The van der Waals surface area contributed by atoms with Gasteiger partial charge in [0.15, 0.2) is 0 Å². The van der Waals surface area contributed by atoms with Crippen molar-refractivity contribution in [1.29, 1.82) is 0 Å². The summed E-state index contributed by atoms with van der Waals surface area (Å²) in [5, 5.41) is 13.6. The molecule has 1 aliphatic carbocycles. The lowest BCUT2D eigenvalue weighted by atomic mass is 9.85. The average Bonchev–Trinajstić information content (AvgIpc) is 2.87. The standard InChI is InChI=1S/C21H24N2O/c1-21(2,3)14-10-11-22-20(12-14)23-18-7-5-4-6-16(18)17-9-8-15(24)13-19(17)23/h4-10,12,19,22,24H,11,13H2,1-3H3. The van der Waals surface area contributed by atoms with E-state index in [1.165, 1.54) is 22.4 Å². The Morgan fingerprint density at radius 1 is 1.17 bits per heavy atom. The first-order valence-corrected chi connectivity index (χ1v) is 8.60. The summed E-state index contributed by atoms with van der Waals surface area (Å²) in [6.45, 7) is 7.58. The molecular formula is C21H24N2O. The van der Waals surface area contributed by atoms with E-state index in [2.05, 4.69) is 73.5 Å². The van der Waals surface area contributed by atoms with Gasteiger partial charge in [-0.15, -0.1) is 0 Å². The first-order chi connectivity index (χ1) is 11.4. The van der Waals surface area contributed by atoms with Crippen molar-refractivity contribution in [3.8, 4) is 0 Å². The highest BCUT2D eigenvalue weighted by Crippen LogP contribution is 2.46. The molecule has 3 nitrogen and oxygen atoms in total. The average molecular weight is 320 g/mol. The maximum Gasteiger partial charge on any atom is 0.107 e. The molecule has 0 radical (unpaired) electrons. The van der Waals surface area contributed by atoms with Crippen molar-refractivity contribution in [1.82, 2.24) is 5.32 Å². The summed E-state index contributed by atoms with van der Waals surface area (Å²) in [5.74, 6) is 1.57. The first-order valence-electron chi connectivity index (χ1n) is 8.60. The molecule has 1 unspecified atom stereocenters. The Kier molecular flexibility index (Phi) is 3.34. The Bertz CT molecular complexity index is 805. The number of nitrogens with one attached hydrogen (secondary N) is 1. The SMILES string of the molecule is CC(C)(C)C1=CCNC(N2c3ccccc3C3=CC=C(O)CC32)=C1. The molecule has 0 saturated carbocycles. The summed E-state index contributed by atoms with van der Waals surface area (Å²) < 4.78 is 0. The molecule has 1 atom stereocenters. The predicted octanol–water partition coefficient (Wildman–Crippen LogP) is 4.52. The third-order valence-corrected chi connectivity index (χ3v) is 5.03. The van der Waals surface area contributed by atoms with Crippen molar-refractivity contribution < 1.29 is 5.11 Å². The molecule has 3 aliphatic rings. The van der Waals surface area contributed by atoms with Crippen molar-refractivity contribution in [2.24, 2.45) is 5.41 Å². The van der Waals surface area contributed by atoms with Crippen molar-refractivity contribution in [2.75, 3.05) is 11.4 Å². The van der Waals surface area contributed by atoms with Gasteiger partial charge in [-0.1, -0.05) is 51.1 Å². The van der Waals surface area contributed by atoms with Crippen molar-refractivity contribution in [2.45, 2.75) is 33.2 Å². The molecule has 0 bridgehead atoms. The number of allylic oxidation sites excluding steroid dienone is 4. The van der Waals surface area contributed by atoms with Gasteiger partial charge in [0.05, 0.1) is 17.5 Å². The second kappa shape index (κ2) is 5.30. The monoisotopic (exact) mass is 320 g/mol. The minimum Gasteiger partial charge on any atom is -0.512 e. The van der Waals surface area contributed by atoms with Gasteiger partial charge in [-0.05, 0) is 34.8 Å². The molecule has 1 aromatic rings. The maximum atomic E-state index is 10.1. The van der Waals surface area contributed by atoms with E-state index in [9.17, 15) is 5.11 Å². The Balaban J connectivity index is 1.81. The molecular weight excluding hydrogens is 296 g/mol. The van der Waals surface area contributed by atoms with Crippen molar-refractivity contribution in [3.63, 3.8) is 0 Å². The van der Waals surface area contributed by atoms with Crippen LogP contribution < -0.4 is 10.2 Å². The van der Waals surface area contributed by atoms with Gasteiger partial charge >= 0.3 is 0 Å². The van der Waals surface area contributed by atoms with E-state index < -0.39 is 0 Å². The number of hydrogen-bond acceptors (Lipinski definition) is 3. The molecule has 0 saturated heterocycles. The largest absolute Gasteiger partial charge is 0.512 e. The Morgan fingerprint density at radius 2 is 1.96 bits per heavy atom. The van der Waals surface area contributed by atoms with Crippen LogP contribution in [0, 0.1) is 5.41 Å². The van der Waals surface area contributed by atoms with E-state index in [1.807, 2.05) is 6.08 Å². The quantitative estimate of drug-likeness (QED) is 0.798. The van der Waals surface area contributed by atoms with Gasteiger partial charge in [-0.25, -0.2) is 0 Å². The third-order valence-electron chi connectivity index (χ3n) is 5.03. The fraction of sp³-hybridized carbons (Fsp3) is 0.333. The summed E-state index contributed by atoms with van der Waals surface area (Å²) >= 11 is 0. The predicted molar refractivity (Wildman–Crippen MR) is 99.6 cm³/mol. The van der Waals surface area contributed by atoms with E-state index in [0.29, 0.717) is 12.2 Å². The Hall–Kier alpha value is -2.42. The summed E-state index contributed by atoms with van der Waals surface area (Å²) in [4.78, 5) is 2.35. The molecule has 0 amide bonds. The van der Waals surface area contributed by atoms with E-state index in [1.54, 1.807) is 0 Å². The molecule has 2 heterocycles. The zero-order valence-corrected chi connectivity index (χ0v) is 14.5. The molecule has 0 fully saturated rings. The lowest BCUT2D eigenvalue weighted by Gasteiger charge is -2.34. The minimum atomic E-state index is 0.125. The highest BCUT2D eigenvalue weighted by molar-refractivity contribution is 5.91. The fourth-order valence-electron chi connectivity index (χ4n) is 3.77. The van der Waals surface area contributed by atoms with Gasteiger partial charge in [0.25, 0.3) is 0 Å². The number of fused-ring (bicyclic) bond motifs is 3. The number of aliphatic hydroxyl groups excluding tert-OH is 1. The zero-order valence-electron chi connectivity index (χ0n) is 14.5. The van der Waals surface area contributed by atoms with Crippen LogP contribution in [0.5, 0.6) is 0 Å². The van der Waals surface area contributed by atoms with Gasteiger partial charge in [-0.2, -0.15) is 0 Å². The highest BCUT2D eigenvalue weighted by Gasteiger charge is 2.38. The third kappa shape index (κ3) is 2.35. The van der Waals surface area contributed by atoms with Gasteiger partial charge in [-0.3, -0.25) is 0 Å². The molecule has 0 spiro atoms. The summed E-state index contributed by atoms with van der Waals surface area (Å²) in [6.07, 6.45) is 9.06. The first kappa shape index (κ1) is 15.1. The smallest absolute Gasteiger partial charge is 0.107 e. The normalized spacial score (nSPS) is 22.6. The van der Waals surface area contributed by atoms with E-state index in [0.717, 1.165) is 12.4 Å². The fourth-order valence-corrected chi connectivity index (χ4v) is 3.77. The van der Waals surface area contributed by atoms with Gasteiger partial charge in [0.1, 0.15) is 5.82 Å². The highest BCUT2D eigenvalue weighted by atomic mass is 16.3. The van der Waals surface area contributed by atoms with Crippen LogP contribution in [0.15, 0.2) is 65.7 Å². The number of benzene rings is 1. The van der Waals surface area contributed by atoms with Gasteiger partial charge in [0, 0.05) is 18.5 Å². The molecule has 24 heavy (non-hydrogen) atoms. The van der Waals surface area contributed by atoms with Crippen LogP contribution in [0.25, 0.3) is 5.57 Å². The minimum absolute atomic E-state index is 0.125. The molecule has 1 aromatic carbocycles. The van der Waals surface area contributed by atoms with Crippen LogP contribution in [0.3, 0.4) is 0 Å². The number of dihydropyridines is 1. The molecule has 3 heteroatoms. The maximum absolute atomic E-state index is 10.1. The molecule has 0 aromatic heterocycles. The van der Waals surface area contributed by atoms with Gasteiger partial charge < -0.3 is 15.3 Å². The van der Waals surface area contributed by atoms with Gasteiger partial charge in [0.2, 0.25) is 0 Å². The number of para-hydroxylation sites is 1. The zero-order chi connectivity index (χ0) is 16.9. The number of nitrogens with zero attached hydrogens (tertiary/aromatic N) is 1. The molecule has 2 aliphatic heterocycles. The lowest BCUT2D eigenvalue weighted by Crippen LogP contribution is -2.39. The summed E-state index contributed by atoms with van der Waals surface area (Å²) in [5.41, 5.74) is 5.24. The summed E-state index contributed by atoms with van der Waals surface area (Å²) in [7, 11) is 0.